The summed E-state index contributed by atoms with van der Waals surface area (Å²) in [6.45, 7) is 3.50. The molecule has 2 aromatic carbocycles. The van der Waals surface area contributed by atoms with Crippen molar-refractivity contribution in [2.24, 2.45) is 22.7 Å². The van der Waals surface area contributed by atoms with Crippen LogP contribution in [0.25, 0.3) is 0 Å². The highest BCUT2D eigenvalue weighted by atomic mass is 32.2. The monoisotopic (exact) mass is 702 g/mol. The Morgan fingerprint density at radius 3 is 2.46 bits per heavy atom. The summed E-state index contributed by atoms with van der Waals surface area (Å²) >= 11 is 0.746. The number of aliphatic hydroxyl groups excluding tert-OH is 1. The first-order valence-corrected chi connectivity index (χ1v) is 17.5. The van der Waals surface area contributed by atoms with E-state index in [0.29, 0.717) is 30.6 Å². The molecule has 0 heterocycles. The third-order valence-corrected chi connectivity index (χ3v) is 12.4. The number of rotatable bonds is 7. The quantitative estimate of drug-likeness (QED) is 0.332. The molecule has 3 saturated carbocycles. The van der Waals surface area contributed by atoms with Crippen LogP contribution in [0, 0.1) is 34.0 Å². The fraction of sp³-hybridized carbons (Fsp3) is 0.447. The van der Waals surface area contributed by atoms with Gasteiger partial charge in [0, 0.05) is 30.8 Å². The van der Waals surface area contributed by atoms with Gasteiger partial charge in [-0.25, -0.2) is 9.18 Å². The van der Waals surface area contributed by atoms with Crippen LogP contribution < -0.4 is 4.74 Å². The van der Waals surface area contributed by atoms with Gasteiger partial charge in [0.15, 0.2) is 17.1 Å². The summed E-state index contributed by atoms with van der Waals surface area (Å²) < 4.78 is 29.7. The fourth-order valence-electron chi connectivity index (χ4n) is 8.96. The lowest BCUT2D eigenvalue weighted by molar-refractivity contribution is -0.214. The minimum absolute atomic E-state index is 0.0580. The molecule has 0 spiro atoms. The molecule has 3 unspecified atom stereocenters. The van der Waals surface area contributed by atoms with Gasteiger partial charge in [0.2, 0.25) is 5.12 Å². The van der Waals surface area contributed by atoms with E-state index in [-0.39, 0.29) is 47.0 Å². The highest BCUT2D eigenvalue weighted by Crippen LogP contribution is 2.70. The Labute approximate surface area is 293 Å². The number of halogens is 1. The molecule has 0 bridgehead atoms. The van der Waals surface area contributed by atoms with Gasteiger partial charge >= 0.3 is 5.97 Å². The van der Waals surface area contributed by atoms with Gasteiger partial charge < -0.3 is 24.6 Å². The van der Waals surface area contributed by atoms with E-state index in [9.17, 15) is 34.7 Å². The van der Waals surface area contributed by atoms with Crippen molar-refractivity contribution >= 4 is 34.5 Å². The lowest BCUT2D eigenvalue weighted by atomic mass is 9.45. The highest BCUT2D eigenvalue weighted by Gasteiger charge is 2.75. The second-order valence-electron chi connectivity index (χ2n) is 14.3. The molecule has 50 heavy (non-hydrogen) atoms. The molecule has 0 radical (unpaired) electrons. The van der Waals surface area contributed by atoms with Crippen LogP contribution in [-0.4, -0.2) is 75.1 Å². The van der Waals surface area contributed by atoms with E-state index in [4.69, 9.17) is 9.47 Å². The van der Waals surface area contributed by atoms with E-state index in [2.05, 4.69) is 0 Å². The van der Waals surface area contributed by atoms with Crippen molar-refractivity contribution in [2.75, 3.05) is 19.8 Å². The molecule has 4 aliphatic carbocycles. The van der Waals surface area contributed by atoms with Crippen LogP contribution in [0.3, 0.4) is 0 Å². The number of amides is 1. The molecular weight excluding hydrogens is 663 g/mol. The minimum atomic E-state index is -2.12. The summed E-state index contributed by atoms with van der Waals surface area (Å²) in [4.78, 5) is 53.8. The minimum Gasteiger partial charge on any atom is -0.507 e. The Hall–Kier alpha value is -4.47. The van der Waals surface area contributed by atoms with Gasteiger partial charge in [-0.15, -0.1) is 0 Å². The zero-order valence-electron chi connectivity index (χ0n) is 28.3. The maximum Gasteiger partial charge on any atom is 0.339 e. The van der Waals surface area contributed by atoms with Crippen molar-refractivity contribution in [2.45, 2.75) is 63.3 Å². The summed E-state index contributed by atoms with van der Waals surface area (Å²) in [6, 6.07) is 12.2. The van der Waals surface area contributed by atoms with Crippen LogP contribution in [0.1, 0.15) is 66.7 Å². The third kappa shape index (κ3) is 5.33. The number of hydrogen-bond donors (Lipinski definition) is 2. The van der Waals surface area contributed by atoms with Crippen molar-refractivity contribution in [3.63, 3.8) is 0 Å². The topological polar surface area (TPSA) is 154 Å². The molecule has 0 saturated heterocycles. The first-order valence-electron chi connectivity index (χ1n) is 16.5. The van der Waals surface area contributed by atoms with Crippen LogP contribution in [-0.2, 0) is 14.3 Å². The fourth-order valence-corrected chi connectivity index (χ4v) is 9.77. The highest BCUT2D eigenvalue weighted by molar-refractivity contribution is 8.14. The SMILES string of the molecule is CN(C)C(=O)c1cc(Oc2ccc(C(=O)O[C@]3(C(=O)SCC#N)CCC4C5CCC6=CC(=O)C=C[C@]6(C)C5(F)[C@@H](O)C[C@@]43C)cc2)ccc1O. The number of esters is 1. The van der Waals surface area contributed by atoms with Crippen LogP contribution in [0.15, 0.2) is 66.3 Å². The summed E-state index contributed by atoms with van der Waals surface area (Å²) in [5.74, 6) is -2.31. The molecule has 2 N–H and O–H groups in total. The van der Waals surface area contributed by atoms with Gasteiger partial charge in [0.1, 0.15) is 17.2 Å². The average molecular weight is 703 g/mol. The molecule has 7 atom stereocenters. The van der Waals surface area contributed by atoms with Gasteiger partial charge in [0.05, 0.1) is 29.1 Å². The number of carbonyl (C=O) groups excluding carboxylic acids is 4. The van der Waals surface area contributed by atoms with E-state index < -0.39 is 57.0 Å². The van der Waals surface area contributed by atoms with Gasteiger partial charge in [-0.1, -0.05) is 30.3 Å². The molecule has 10 nitrogen and oxygen atoms in total. The maximum absolute atomic E-state index is 17.6. The lowest BCUT2D eigenvalue weighted by Gasteiger charge is -2.62. The number of fused-ring (bicyclic) bond motifs is 5. The van der Waals surface area contributed by atoms with E-state index in [1.807, 2.05) is 6.07 Å². The van der Waals surface area contributed by atoms with Gasteiger partial charge in [-0.2, -0.15) is 5.26 Å². The van der Waals surface area contributed by atoms with Crippen LogP contribution in [0.4, 0.5) is 4.39 Å². The molecule has 262 valence electrons. The molecule has 2 aromatic rings. The number of aliphatic hydroxyl groups is 1. The molecule has 4 aliphatic rings. The summed E-state index contributed by atoms with van der Waals surface area (Å²) in [6.07, 6.45) is 3.95. The molecule has 3 fully saturated rings. The second kappa shape index (κ2) is 12.7. The Morgan fingerprint density at radius 1 is 1.08 bits per heavy atom. The zero-order chi connectivity index (χ0) is 36.2. The Kier molecular flexibility index (Phi) is 8.98. The molecule has 1 amide bonds. The third-order valence-electron chi connectivity index (χ3n) is 11.6. The maximum atomic E-state index is 17.6. The Balaban J connectivity index is 1.28. The van der Waals surface area contributed by atoms with Crippen LogP contribution in [0.5, 0.6) is 17.2 Å². The number of phenolic OH excluding ortho intramolecular Hbond substituents is 1. The standard InChI is InChI=1S/C38H39FN2O8S/c1-35-15-13-24(42)19-23(35)7-11-29-28-14-16-37(34(47)50-18-17-40,36(28,2)21-31(44)38(29,35)39)49-33(46)22-5-8-25(9-6-22)48-26-10-12-30(43)27(20-26)32(45)41(3)4/h5-6,8-10,12-13,15,19-20,28-29,31,43-44H,7,11,14,16,18,21H2,1-4H3/t28?,29?,31-,35-,36-,37-,38?/m0/s1. The molecule has 12 heteroatoms. The molecule has 0 aliphatic heterocycles. The summed E-state index contributed by atoms with van der Waals surface area (Å²) in [7, 11) is 3.12. The van der Waals surface area contributed by atoms with E-state index >= 15 is 4.39 Å². The predicted octanol–water partition coefficient (Wildman–Crippen LogP) is 5.94. The van der Waals surface area contributed by atoms with Crippen molar-refractivity contribution in [3.8, 4) is 23.3 Å². The number of ether oxygens (including phenoxy) is 2. The number of hydrogen-bond acceptors (Lipinski definition) is 10. The number of nitriles is 1. The van der Waals surface area contributed by atoms with Gasteiger partial charge in [-0.05, 0) is 99.6 Å². The van der Waals surface area contributed by atoms with Crippen LogP contribution >= 0.6 is 11.8 Å². The zero-order valence-corrected chi connectivity index (χ0v) is 29.1. The molecule has 0 aromatic heterocycles. The number of carbonyl (C=O) groups is 4. The summed E-state index contributed by atoms with van der Waals surface area (Å²) in [5.41, 5.74) is -5.41. The van der Waals surface area contributed by atoms with Gasteiger partial charge in [-0.3, -0.25) is 14.4 Å². The van der Waals surface area contributed by atoms with Crippen molar-refractivity contribution < 1.29 is 43.3 Å². The number of aromatic hydroxyl groups is 1. The van der Waals surface area contributed by atoms with Crippen molar-refractivity contribution in [1.29, 1.82) is 5.26 Å². The predicted molar refractivity (Wildman–Crippen MR) is 182 cm³/mol. The number of thioether (sulfide) groups is 1. The summed E-state index contributed by atoms with van der Waals surface area (Å²) in [5, 5.41) is 30.7. The Morgan fingerprint density at radius 2 is 1.78 bits per heavy atom. The first kappa shape index (κ1) is 35.4. The molecular formula is C38H39FN2O8S. The average Bonchev–Trinajstić information content (AvgIpc) is 3.37. The number of nitrogens with zero attached hydrogens (tertiary/aromatic N) is 2. The molecule has 6 rings (SSSR count). The van der Waals surface area contributed by atoms with Crippen molar-refractivity contribution in [3.05, 3.63) is 77.4 Å². The number of phenols is 1. The van der Waals surface area contributed by atoms with E-state index in [1.165, 1.54) is 59.5 Å². The second-order valence-corrected chi connectivity index (χ2v) is 15.2. The van der Waals surface area contributed by atoms with Crippen molar-refractivity contribution in [1.82, 2.24) is 4.90 Å². The number of allylic oxidation sites excluding steroid dienone is 4. The largest absolute Gasteiger partial charge is 0.507 e. The smallest absolute Gasteiger partial charge is 0.339 e. The van der Waals surface area contributed by atoms with Gasteiger partial charge in [0.25, 0.3) is 5.91 Å². The van der Waals surface area contributed by atoms with E-state index in [0.717, 1.165) is 11.8 Å². The first-order chi connectivity index (χ1) is 23.6. The van der Waals surface area contributed by atoms with Crippen LogP contribution in [0.2, 0.25) is 0 Å². The Bertz CT molecular complexity index is 1870. The van der Waals surface area contributed by atoms with E-state index in [1.54, 1.807) is 34.0 Å². The normalized spacial score (nSPS) is 32.5. The number of benzene rings is 2. The lowest BCUT2D eigenvalue weighted by Crippen LogP contribution is -2.69. The number of ketones is 1. The number of alkyl halides is 1.